The second-order valence-corrected chi connectivity index (χ2v) is 7.71. The van der Waals surface area contributed by atoms with Crippen LogP contribution in [0.15, 0.2) is 42.5 Å². The van der Waals surface area contributed by atoms with E-state index in [9.17, 15) is 9.90 Å². The van der Waals surface area contributed by atoms with Crippen molar-refractivity contribution in [1.82, 2.24) is 4.90 Å². The summed E-state index contributed by atoms with van der Waals surface area (Å²) < 4.78 is 10.7. The predicted octanol–water partition coefficient (Wildman–Crippen LogP) is 4.24. The number of aliphatic hydroxyl groups is 1. The van der Waals surface area contributed by atoms with Gasteiger partial charge in [0.15, 0.2) is 0 Å². The van der Waals surface area contributed by atoms with Gasteiger partial charge < -0.3 is 19.5 Å². The number of benzene rings is 2. The maximum atomic E-state index is 12.9. The Morgan fingerprint density at radius 2 is 1.75 bits per heavy atom. The van der Waals surface area contributed by atoms with E-state index in [4.69, 9.17) is 9.47 Å². The van der Waals surface area contributed by atoms with Crippen molar-refractivity contribution >= 4 is 5.91 Å². The second-order valence-electron chi connectivity index (χ2n) is 7.71. The van der Waals surface area contributed by atoms with E-state index >= 15 is 0 Å². The Balaban J connectivity index is 2.13. The molecule has 0 aliphatic rings. The van der Waals surface area contributed by atoms with Gasteiger partial charge in [-0.05, 0) is 63.4 Å². The van der Waals surface area contributed by atoms with Gasteiger partial charge in [0.05, 0.1) is 25.9 Å². The molecular formula is C23H31NO4. The Morgan fingerprint density at radius 1 is 1.11 bits per heavy atom. The first-order valence-corrected chi connectivity index (χ1v) is 9.46. The van der Waals surface area contributed by atoms with Crippen LogP contribution in [0.5, 0.6) is 11.5 Å². The molecule has 0 saturated carbocycles. The van der Waals surface area contributed by atoms with Crippen molar-refractivity contribution in [1.29, 1.82) is 0 Å². The third kappa shape index (κ3) is 5.49. The number of carbonyl (C=O) groups excluding carboxylic acids is 1. The molecule has 1 N–H and O–H groups in total. The van der Waals surface area contributed by atoms with Gasteiger partial charge in [-0.3, -0.25) is 4.79 Å². The van der Waals surface area contributed by atoms with E-state index in [1.54, 1.807) is 40.0 Å². The van der Waals surface area contributed by atoms with Crippen molar-refractivity contribution in [2.24, 2.45) is 0 Å². The first-order chi connectivity index (χ1) is 13.2. The van der Waals surface area contributed by atoms with Crippen molar-refractivity contribution in [2.45, 2.75) is 45.3 Å². The molecule has 0 unspecified atom stereocenters. The lowest BCUT2D eigenvalue weighted by Crippen LogP contribution is -2.30. The number of aryl methyl sites for hydroxylation is 1. The van der Waals surface area contributed by atoms with Crippen molar-refractivity contribution in [3.05, 3.63) is 59.2 Å². The summed E-state index contributed by atoms with van der Waals surface area (Å²) in [6.45, 7) is 5.57. The molecule has 2 aromatic rings. The van der Waals surface area contributed by atoms with Gasteiger partial charge in [0.2, 0.25) is 0 Å². The standard InChI is InChI=1S/C23H31NO4/c1-16(20-12-11-19(27-5)15-21(20)28-6)24(4)22(25)18-9-7-17(8-10-18)13-14-23(2,3)26/h7-12,15-16,26H,13-14H2,1-6H3/t16-/m1/s1. The van der Waals surface area contributed by atoms with Gasteiger partial charge in [-0.25, -0.2) is 0 Å². The van der Waals surface area contributed by atoms with Crippen LogP contribution in [0.2, 0.25) is 0 Å². The van der Waals surface area contributed by atoms with Crippen LogP contribution in [0.1, 0.15) is 54.7 Å². The number of rotatable bonds is 8. The van der Waals surface area contributed by atoms with Gasteiger partial charge in [-0.15, -0.1) is 0 Å². The smallest absolute Gasteiger partial charge is 0.254 e. The lowest BCUT2D eigenvalue weighted by atomic mass is 9.98. The van der Waals surface area contributed by atoms with E-state index in [2.05, 4.69) is 0 Å². The number of nitrogens with zero attached hydrogens (tertiary/aromatic N) is 1. The molecule has 0 spiro atoms. The Hall–Kier alpha value is -2.53. The van der Waals surface area contributed by atoms with E-state index in [0.717, 1.165) is 17.5 Å². The zero-order chi connectivity index (χ0) is 20.9. The maximum Gasteiger partial charge on any atom is 0.254 e. The third-order valence-electron chi connectivity index (χ3n) is 5.02. The Labute approximate surface area is 167 Å². The third-order valence-corrected chi connectivity index (χ3v) is 5.02. The first kappa shape index (κ1) is 21.8. The summed E-state index contributed by atoms with van der Waals surface area (Å²) in [5.74, 6) is 1.34. The topological polar surface area (TPSA) is 59.0 Å². The fraction of sp³-hybridized carbons (Fsp3) is 0.435. The normalized spacial score (nSPS) is 12.4. The molecule has 0 aliphatic heterocycles. The Morgan fingerprint density at radius 3 is 2.29 bits per heavy atom. The maximum absolute atomic E-state index is 12.9. The molecule has 2 aromatic carbocycles. The monoisotopic (exact) mass is 385 g/mol. The van der Waals surface area contributed by atoms with E-state index in [1.165, 1.54) is 0 Å². The first-order valence-electron chi connectivity index (χ1n) is 9.46. The highest BCUT2D eigenvalue weighted by Gasteiger charge is 2.22. The van der Waals surface area contributed by atoms with Crippen LogP contribution in [0.25, 0.3) is 0 Å². The molecule has 0 aromatic heterocycles. The Bertz CT molecular complexity index is 793. The molecule has 152 valence electrons. The summed E-state index contributed by atoms with van der Waals surface area (Å²) in [5, 5.41) is 9.86. The molecule has 0 heterocycles. The van der Waals surface area contributed by atoms with Crippen LogP contribution >= 0.6 is 0 Å². The van der Waals surface area contributed by atoms with Crippen LogP contribution < -0.4 is 9.47 Å². The number of amides is 1. The molecule has 5 nitrogen and oxygen atoms in total. The molecule has 0 aliphatic carbocycles. The van der Waals surface area contributed by atoms with Crippen molar-refractivity contribution in [3.8, 4) is 11.5 Å². The van der Waals surface area contributed by atoms with Gasteiger partial charge in [-0.2, -0.15) is 0 Å². The molecule has 0 fully saturated rings. The number of methoxy groups -OCH3 is 2. The highest BCUT2D eigenvalue weighted by atomic mass is 16.5. The number of carbonyl (C=O) groups is 1. The zero-order valence-corrected chi connectivity index (χ0v) is 17.7. The highest BCUT2D eigenvalue weighted by Crippen LogP contribution is 2.32. The molecule has 28 heavy (non-hydrogen) atoms. The average molecular weight is 386 g/mol. The van der Waals surface area contributed by atoms with Gasteiger partial charge in [0, 0.05) is 24.2 Å². The molecular weight excluding hydrogens is 354 g/mol. The van der Waals surface area contributed by atoms with Crippen LogP contribution in [-0.2, 0) is 6.42 Å². The van der Waals surface area contributed by atoms with Crippen LogP contribution in [0.4, 0.5) is 0 Å². The van der Waals surface area contributed by atoms with Crippen LogP contribution in [0.3, 0.4) is 0 Å². The SMILES string of the molecule is COc1ccc([C@@H](C)N(C)C(=O)c2ccc(CCC(C)(C)O)cc2)c(OC)c1. The van der Waals surface area contributed by atoms with Gasteiger partial charge >= 0.3 is 0 Å². The van der Waals surface area contributed by atoms with Gasteiger partial charge in [0.1, 0.15) is 11.5 Å². The van der Waals surface area contributed by atoms with Crippen LogP contribution in [-0.4, -0.2) is 42.8 Å². The van der Waals surface area contributed by atoms with Crippen molar-refractivity contribution in [3.63, 3.8) is 0 Å². The number of hydrogen-bond acceptors (Lipinski definition) is 4. The fourth-order valence-electron chi connectivity index (χ4n) is 3.02. The molecule has 1 amide bonds. The predicted molar refractivity (Wildman–Crippen MR) is 111 cm³/mol. The summed E-state index contributed by atoms with van der Waals surface area (Å²) in [7, 11) is 5.01. The minimum Gasteiger partial charge on any atom is -0.497 e. The minimum absolute atomic E-state index is 0.0561. The van der Waals surface area contributed by atoms with Crippen molar-refractivity contribution in [2.75, 3.05) is 21.3 Å². The lowest BCUT2D eigenvalue weighted by molar-refractivity contribution is 0.0710. The molecule has 0 saturated heterocycles. The summed E-state index contributed by atoms with van der Waals surface area (Å²) in [6, 6.07) is 13.0. The van der Waals surface area contributed by atoms with E-state index in [0.29, 0.717) is 23.5 Å². The summed E-state index contributed by atoms with van der Waals surface area (Å²) in [5.41, 5.74) is 1.96. The fourth-order valence-corrected chi connectivity index (χ4v) is 3.02. The van der Waals surface area contributed by atoms with Gasteiger partial charge in [-0.1, -0.05) is 12.1 Å². The molecule has 0 radical (unpaired) electrons. The average Bonchev–Trinajstić information content (AvgIpc) is 2.69. The second kappa shape index (κ2) is 9.11. The Kier molecular flexibility index (Phi) is 7.08. The molecule has 2 rings (SSSR count). The van der Waals surface area contributed by atoms with E-state index in [1.807, 2.05) is 49.4 Å². The van der Waals surface area contributed by atoms with E-state index < -0.39 is 5.60 Å². The lowest BCUT2D eigenvalue weighted by Gasteiger charge is -2.27. The quantitative estimate of drug-likeness (QED) is 0.738. The van der Waals surface area contributed by atoms with Crippen molar-refractivity contribution < 1.29 is 19.4 Å². The summed E-state index contributed by atoms with van der Waals surface area (Å²) in [6.07, 6.45) is 1.45. The van der Waals surface area contributed by atoms with Crippen LogP contribution in [0, 0.1) is 0 Å². The number of hydrogen-bond donors (Lipinski definition) is 1. The molecule has 1 atom stereocenters. The summed E-state index contributed by atoms with van der Waals surface area (Å²) in [4.78, 5) is 14.6. The highest BCUT2D eigenvalue weighted by molar-refractivity contribution is 5.94. The minimum atomic E-state index is -0.693. The summed E-state index contributed by atoms with van der Waals surface area (Å²) >= 11 is 0. The zero-order valence-electron chi connectivity index (χ0n) is 17.7. The molecule has 0 bridgehead atoms. The van der Waals surface area contributed by atoms with Gasteiger partial charge in [0.25, 0.3) is 5.91 Å². The molecule has 5 heteroatoms. The largest absolute Gasteiger partial charge is 0.497 e. The number of ether oxygens (including phenoxy) is 2. The van der Waals surface area contributed by atoms with E-state index in [-0.39, 0.29) is 11.9 Å².